The van der Waals surface area contributed by atoms with E-state index in [1.165, 1.54) is 41.8 Å². The van der Waals surface area contributed by atoms with Crippen LogP contribution in [-0.2, 0) is 60.7 Å². The van der Waals surface area contributed by atoms with Crippen LogP contribution in [0, 0.1) is 24.7 Å². The zero-order valence-electron chi connectivity index (χ0n) is 33.6. The Morgan fingerprint density at radius 3 is 1.91 bits per heavy atom. The van der Waals surface area contributed by atoms with Gasteiger partial charge in [0.1, 0.15) is 11.4 Å². The fraction of sp³-hybridized carbons (Fsp3) is 0.590. The summed E-state index contributed by atoms with van der Waals surface area (Å²) in [7, 11) is 8.05. The van der Waals surface area contributed by atoms with Crippen molar-refractivity contribution in [3.8, 4) is 0 Å². The highest BCUT2D eigenvalue weighted by Gasteiger charge is 2.37. The summed E-state index contributed by atoms with van der Waals surface area (Å²) in [6.07, 6.45) is -0.894. The van der Waals surface area contributed by atoms with Crippen LogP contribution in [-0.4, -0.2) is 39.4 Å². The number of ketones is 2. The molecule has 4 heterocycles. The molecule has 0 N–H and O–H groups in total. The SMILES string of the molecule is CC(=O)c1c2c(c(C)n(C)c1=O)CC(C(C)C)CC2.CC(C)c1cc2c(nc1C(F)(F)F)n(C)c(=O)n2C.CCc1c(C(=O)C(C)C)n(C)c(=O)n1C. The minimum absolute atomic E-state index is 0.0343. The first-order valence-corrected chi connectivity index (χ1v) is 18.0. The molecule has 1 aliphatic rings. The maximum atomic E-state index is 13.0. The van der Waals surface area contributed by atoms with Gasteiger partial charge in [0.15, 0.2) is 17.2 Å². The van der Waals surface area contributed by atoms with Gasteiger partial charge in [0.25, 0.3) is 5.56 Å². The Morgan fingerprint density at radius 1 is 0.868 bits per heavy atom. The van der Waals surface area contributed by atoms with Gasteiger partial charge in [-0.25, -0.2) is 14.6 Å². The van der Waals surface area contributed by atoms with E-state index in [1.807, 2.05) is 27.7 Å². The van der Waals surface area contributed by atoms with Crippen LogP contribution in [0.2, 0.25) is 0 Å². The van der Waals surface area contributed by atoms with Gasteiger partial charge in [-0.2, -0.15) is 13.2 Å². The van der Waals surface area contributed by atoms with Gasteiger partial charge in [0, 0.05) is 52.5 Å². The van der Waals surface area contributed by atoms with E-state index >= 15 is 0 Å². The number of aromatic nitrogens is 6. The second-order valence-electron chi connectivity index (χ2n) is 15.0. The van der Waals surface area contributed by atoms with Crippen LogP contribution in [0.1, 0.15) is 122 Å². The molecule has 0 saturated heterocycles. The number of carbonyl (C=O) groups excluding carboxylic acids is 2. The Hall–Kier alpha value is -4.49. The number of Topliss-reactive ketones (excluding diaryl/α,β-unsaturated/α-hetero) is 2. The van der Waals surface area contributed by atoms with Crippen molar-refractivity contribution in [1.82, 2.24) is 27.8 Å². The Bertz CT molecular complexity index is 2210. The molecule has 5 rings (SSSR count). The van der Waals surface area contributed by atoms with E-state index in [-0.39, 0.29) is 45.9 Å². The lowest BCUT2D eigenvalue weighted by atomic mass is 9.76. The van der Waals surface area contributed by atoms with Crippen LogP contribution in [0.15, 0.2) is 20.4 Å². The normalized spacial score (nSPS) is 14.3. The highest BCUT2D eigenvalue weighted by Crippen LogP contribution is 2.35. The molecule has 0 aliphatic heterocycles. The highest BCUT2D eigenvalue weighted by atomic mass is 19.4. The molecular weight excluding hydrogens is 689 g/mol. The first-order valence-electron chi connectivity index (χ1n) is 18.0. The quantitative estimate of drug-likeness (QED) is 0.217. The van der Waals surface area contributed by atoms with Crippen molar-refractivity contribution in [1.29, 1.82) is 0 Å². The van der Waals surface area contributed by atoms with Gasteiger partial charge >= 0.3 is 17.6 Å². The molecule has 1 unspecified atom stereocenters. The summed E-state index contributed by atoms with van der Waals surface area (Å²) in [5, 5.41) is 0. The summed E-state index contributed by atoms with van der Waals surface area (Å²) in [4.78, 5) is 63.1. The number of nitrogens with zero attached hydrogens (tertiary/aromatic N) is 6. The molecule has 1 atom stereocenters. The molecular formula is C39H55F3N6O5. The fourth-order valence-electron chi connectivity index (χ4n) is 7.06. The van der Waals surface area contributed by atoms with Crippen molar-refractivity contribution >= 4 is 22.7 Å². The number of rotatable bonds is 6. The molecule has 4 aromatic heterocycles. The maximum Gasteiger partial charge on any atom is 0.433 e. The lowest BCUT2D eigenvalue weighted by molar-refractivity contribution is -0.141. The Balaban J connectivity index is 0.000000216. The van der Waals surface area contributed by atoms with Gasteiger partial charge in [0.2, 0.25) is 0 Å². The molecule has 0 amide bonds. The summed E-state index contributed by atoms with van der Waals surface area (Å²) in [5.74, 6) is 0.827. The summed E-state index contributed by atoms with van der Waals surface area (Å²) in [5.41, 5.74) is 4.05. The number of carbonyl (C=O) groups is 2. The Morgan fingerprint density at radius 2 is 1.43 bits per heavy atom. The molecule has 14 heteroatoms. The third-order valence-corrected chi connectivity index (χ3v) is 10.5. The summed E-state index contributed by atoms with van der Waals surface area (Å²) in [6.45, 7) is 17.0. The first-order chi connectivity index (χ1) is 24.4. The Kier molecular flexibility index (Phi) is 13.2. The van der Waals surface area contributed by atoms with Gasteiger partial charge in [0.05, 0.1) is 11.1 Å². The zero-order chi connectivity index (χ0) is 40.6. The number of aryl methyl sites for hydroxylation is 2. The largest absolute Gasteiger partial charge is 0.433 e. The average molecular weight is 745 g/mol. The van der Waals surface area contributed by atoms with E-state index in [2.05, 4.69) is 18.8 Å². The molecule has 0 spiro atoms. The van der Waals surface area contributed by atoms with Crippen LogP contribution in [0.5, 0.6) is 0 Å². The van der Waals surface area contributed by atoms with Crippen LogP contribution in [0.4, 0.5) is 13.2 Å². The molecule has 0 bridgehead atoms. The second-order valence-corrected chi connectivity index (χ2v) is 15.0. The first kappa shape index (κ1) is 42.9. The lowest BCUT2D eigenvalue weighted by Gasteiger charge is -2.30. The molecule has 4 aromatic rings. The second kappa shape index (κ2) is 16.3. The maximum absolute atomic E-state index is 13.0. The van der Waals surface area contributed by atoms with Gasteiger partial charge in [-0.05, 0) is 80.0 Å². The van der Waals surface area contributed by atoms with Crippen molar-refractivity contribution < 1.29 is 22.8 Å². The van der Waals surface area contributed by atoms with E-state index < -0.39 is 17.6 Å². The molecule has 0 saturated carbocycles. The molecule has 11 nitrogen and oxygen atoms in total. The van der Waals surface area contributed by atoms with Crippen molar-refractivity contribution in [2.75, 3.05) is 0 Å². The minimum atomic E-state index is -4.53. The standard InChI is InChI=1S/C16H23NO2.C12H14F3N3O.C11H18N2O2/c1-9(2)12-6-7-13-14(8-12)10(3)17(5)16(19)15(13)11(4)18;1-6(2)7-5-8-10(16-9(7)12(13,14)15)18(4)11(19)17(8)3;1-6-8-9(10(14)7(2)3)13(5)11(15)12(8)4/h9,12H,6-8H2,1-5H3;5-6H,1-4H3;7H,6H2,1-5H3. The molecule has 0 radical (unpaired) electrons. The summed E-state index contributed by atoms with van der Waals surface area (Å²) in [6, 6.07) is 1.40. The monoisotopic (exact) mass is 744 g/mol. The number of alkyl halides is 3. The van der Waals surface area contributed by atoms with Crippen molar-refractivity contribution in [3.05, 3.63) is 82.4 Å². The smallest absolute Gasteiger partial charge is 0.315 e. The summed E-state index contributed by atoms with van der Waals surface area (Å²) >= 11 is 0. The van der Waals surface area contributed by atoms with Crippen LogP contribution >= 0.6 is 0 Å². The van der Waals surface area contributed by atoms with Gasteiger partial charge in [-0.3, -0.25) is 32.7 Å². The molecule has 0 fully saturated rings. The number of imidazole rings is 2. The van der Waals surface area contributed by atoms with Gasteiger partial charge < -0.3 is 4.57 Å². The number of fused-ring (bicyclic) bond motifs is 2. The van der Waals surface area contributed by atoms with E-state index in [9.17, 15) is 37.1 Å². The topological polar surface area (TPSA) is 123 Å². The van der Waals surface area contributed by atoms with E-state index in [1.54, 1.807) is 44.1 Å². The van der Waals surface area contributed by atoms with Crippen molar-refractivity contribution in [2.45, 2.75) is 100 Å². The third kappa shape index (κ3) is 8.36. The predicted octanol–water partition coefficient (Wildman–Crippen LogP) is 6.20. The highest BCUT2D eigenvalue weighted by molar-refractivity contribution is 5.97. The lowest BCUT2D eigenvalue weighted by Crippen LogP contribution is -2.32. The van der Waals surface area contributed by atoms with E-state index in [4.69, 9.17) is 0 Å². The van der Waals surface area contributed by atoms with E-state index in [0.717, 1.165) is 40.8 Å². The molecule has 53 heavy (non-hydrogen) atoms. The van der Waals surface area contributed by atoms with E-state index in [0.29, 0.717) is 35.0 Å². The van der Waals surface area contributed by atoms with Gasteiger partial charge in [-0.1, -0.05) is 48.5 Å². The van der Waals surface area contributed by atoms with Crippen LogP contribution in [0.3, 0.4) is 0 Å². The Labute approximate surface area is 308 Å². The fourth-order valence-corrected chi connectivity index (χ4v) is 7.06. The van der Waals surface area contributed by atoms with Crippen LogP contribution in [0.25, 0.3) is 11.2 Å². The number of halogens is 3. The predicted molar refractivity (Wildman–Crippen MR) is 201 cm³/mol. The minimum Gasteiger partial charge on any atom is -0.315 e. The molecule has 292 valence electrons. The zero-order valence-corrected chi connectivity index (χ0v) is 33.6. The van der Waals surface area contributed by atoms with Crippen molar-refractivity contribution in [3.63, 3.8) is 0 Å². The van der Waals surface area contributed by atoms with Gasteiger partial charge in [-0.15, -0.1) is 0 Å². The third-order valence-electron chi connectivity index (χ3n) is 10.5. The number of hydrogen-bond donors (Lipinski definition) is 0. The van der Waals surface area contributed by atoms with Crippen LogP contribution < -0.4 is 16.9 Å². The average Bonchev–Trinajstić information content (AvgIpc) is 3.44. The summed E-state index contributed by atoms with van der Waals surface area (Å²) < 4.78 is 46.1. The number of hydrogen-bond acceptors (Lipinski definition) is 6. The molecule has 0 aromatic carbocycles. The molecule has 1 aliphatic carbocycles. The number of pyridine rings is 2. The van der Waals surface area contributed by atoms with Crippen molar-refractivity contribution in [2.24, 2.45) is 53.0 Å².